The van der Waals surface area contributed by atoms with E-state index in [1.54, 1.807) is 0 Å². The molecule has 1 aliphatic rings. The molecule has 0 spiro atoms. The lowest BCUT2D eigenvalue weighted by Gasteiger charge is -2.15. The van der Waals surface area contributed by atoms with Gasteiger partial charge in [0.1, 0.15) is 12.1 Å². The number of nitrogens with one attached hydrogen (secondary N) is 1. The summed E-state index contributed by atoms with van der Waals surface area (Å²) < 4.78 is 44.8. The second kappa shape index (κ2) is 11.8. The highest BCUT2D eigenvalue weighted by atomic mass is 32.1. The predicted molar refractivity (Wildman–Crippen MR) is 161 cm³/mol. The first-order valence-corrected chi connectivity index (χ1v) is 14.9. The van der Waals surface area contributed by atoms with Gasteiger partial charge in [0, 0.05) is 22.7 Å². The summed E-state index contributed by atoms with van der Waals surface area (Å²) in [5.74, 6) is 0.486. The fourth-order valence-electron chi connectivity index (χ4n) is 5.42. The molecule has 226 valence electrons. The maximum Gasteiger partial charge on any atom is 0.573 e. The molecule has 2 aromatic heterocycles. The number of urea groups is 1. The van der Waals surface area contributed by atoms with Gasteiger partial charge in [0.2, 0.25) is 0 Å². The molecule has 0 saturated carbocycles. The molecule has 8 nitrogen and oxygen atoms in total. The SMILES string of the molecule is Cc1cs/c(=N\C(=O)NC2Cc3ccc(-c4ncn(-c5ccc(OC(F)(F)F)cc5)n4)cc3C2)n1-c1ccccc1C(C)C. The number of ether oxygens (including phenoxy) is 1. The smallest absolute Gasteiger partial charge is 0.406 e. The zero-order valence-corrected chi connectivity index (χ0v) is 25.0. The lowest BCUT2D eigenvalue weighted by Crippen LogP contribution is -2.34. The Morgan fingerprint density at radius 2 is 1.82 bits per heavy atom. The molecule has 0 bridgehead atoms. The lowest BCUT2D eigenvalue weighted by molar-refractivity contribution is -0.274. The first-order chi connectivity index (χ1) is 21.0. The lowest BCUT2D eigenvalue weighted by atomic mass is 10.0. The molecule has 0 radical (unpaired) electrons. The average Bonchev–Trinajstić information content (AvgIpc) is 3.70. The van der Waals surface area contributed by atoms with Crippen molar-refractivity contribution in [3.63, 3.8) is 0 Å². The van der Waals surface area contributed by atoms with Crippen LogP contribution in [-0.4, -0.2) is 37.8 Å². The number of rotatable bonds is 6. The van der Waals surface area contributed by atoms with Crippen molar-refractivity contribution in [1.82, 2.24) is 24.6 Å². The van der Waals surface area contributed by atoms with E-state index < -0.39 is 6.36 Å². The Bertz CT molecular complexity index is 1890. The Morgan fingerprint density at radius 1 is 1.07 bits per heavy atom. The Kier molecular flexibility index (Phi) is 7.85. The molecule has 44 heavy (non-hydrogen) atoms. The minimum absolute atomic E-state index is 0.100. The Morgan fingerprint density at radius 3 is 2.57 bits per heavy atom. The van der Waals surface area contributed by atoms with Crippen LogP contribution in [-0.2, 0) is 12.8 Å². The number of hydrogen-bond acceptors (Lipinski definition) is 5. The van der Waals surface area contributed by atoms with Crippen molar-refractivity contribution in [3.05, 3.63) is 106 Å². The van der Waals surface area contributed by atoms with Gasteiger partial charge in [-0.2, -0.15) is 4.99 Å². The fourth-order valence-corrected chi connectivity index (χ4v) is 6.28. The maximum atomic E-state index is 13.1. The molecule has 3 aromatic carbocycles. The van der Waals surface area contributed by atoms with Crippen LogP contribution in [0, 0.1) is 6.92 Å². The van der Waals surface area contributed by atoms with Gasteiger partial charge in [-0.05, 0) is 78.8 Å². The molecule has 2 heterocycles. The molecule has 12 heteroatoms. The van der Waals surface area contributed by atoms with Crippen molar-refractivity contribution in [2.45, 2.75) is 51.9 Å². The van der Waals surface area contributed by atoms with E-state index in [0.29, 0.717) is 35.1 Å². The van der Waals surface area contributed by atoms with Gasteiger partial charge in [0.05, 0.1) is 11.4 Å². The van der Waals surface area contributed by atoms with Gasteiger partial charge in [-0.1, -0.05) is 44.2 Å². The van der Waals surface area contributed by atoms with E-state index in [4.69, 9.17) is 0 Å². The van der Waals surface area contributed by atoms with Crippen LogP contribution in [0.3, 0.4) is 0 Å². The molecule has 1 atom stereocenters. The molecular weight excluding hydrogens is 589 g/mol. The van der Waals surface area contributed by atoms with E-state index in [1.165, 1.54) is 52.2 Å². The van der Waals surface area contributed by atoms with Crippen LogP contribution in [0.1, 0.15) is 42.1 Å². The Labute approximate surface area is 255 Å². The number of benzene rings is 3. The largest absolute Gasteiger partial charge is 0.573 e. The van der Waals surface area contributed by atoms with Crippen molar-refractivity contribution in [1.29, 1.82) is 0 Å². The molecule has 0 saturated heterocycles. The number of alkyl halides is 3. The Hall–Kier alpha value is -4.71. The maximum absolute atomic E-state index is 13.1. The number of carbonyl (C=O) groups is 1. The number of thiazole rings is 1. The van der Waals surface area contributed by atoms with E-state index in [9.17, 15) is 18.0 Å². The third-order valence-corrected chi connectivity index (χ3v) is 8.37. The van der Waals surface area contributed by atoms with Gasteiger partial charge in [-0.15, -0.1) is 29.6 Å². The standard InChI is InChI=1S/C32H29F3N6O2S/c1-19(2)27-6-4-5-7-28(27)41-20(3)17-44-31(41)38-30(42)37-24-15-21-8-9-22(14-23(21)16-24)29-36-18-40(39-29)25-10-12-26(13-11-25)43-32(33,34)35/h4-14,17-19,24H,15-16H2,1-3H3,(H,37,42)/b38-31-. The van der Waals surface area contributed by atoms with Crippen molar-refractivity contribution < 1.29 is 22.7 Å². The summed E-state index contributed by atoms with van der Waals surface area (Å²) in [6.07, 6.45) is -1.92. The van der Waals surface area contributed by atoms with Gasteiger partial charge < -0.3 is 10.1 Å². The molecule has 1 unspecified atom stereocenters. The van der Waals surface area contributed by atoms with Crippen molar-refractivity contribution >= 4 is 17.4 Å². The number of para-hydroxylation sites is 1. The van der Waals surface area contributed by atoms with Crippen LogP contribution in [0.5, 0.6) is 5.75 Å². The van der Waals surface area contributed by atoms with Crippen molar-refractivity contribution in [2.24, 2.45) is 4.99 Å². The number of aryl methyl sites for hydroxylation is 1. The summed E-state index contributed by atoms with van der Waals surface area (Å²) in [4.78, 5) is 22.5. The highest BCUT2D eigenvalue weighted by Crippen LogP contribution is 2.28. The van der Waals surface area contributed by atoms with Crippen molar-refractivity contribution in [2.75, 3.05) is 0 Å². The quantitative estimate of drug-likeness (QED) is 0.225. The second-order valence-electron chi connectivity index (χ2n) is 10.9. The van der Waals surface area contributed by atoms with E-state index >= 15 is 0 Å². The summed E-state index contributed by atoms with van der Waals surface area (Å²) in [5.41, 5.74) is 6.79. The summed E-state index contributed by atoms with van der Waals surface area (Å²) in [6, 6.07) is 19.0. The van der Waals surface area contributed by atoms with E-state index in [1.807, 2.05) is 47.2 Å². The number of nitrogens with zero attached hydrogens (tertiary/aromatic N) is 5. The van der Waals surface area contributed by atoms with Crippen LogP contribution in [0.25, 0.3) is 22.8 Å². The first-order valence-electron chi connectivity index (χ1n) is 14.1. The van der Waals surface area contributed by atoms with Gasteiger partial charge in [0.25, 0.3) is 0 Å². The van der Waals surface area contributed by atoms with Crippen LogP contribution in [0.15, 0.2) is 83.4 Å². The summed E-state index contributed by atoms with van der Waals surface area (Å²) in [7, 11) is 0. The summed E-state index contributed by atoms with van der Waals surface area (Å²) in [6.45, 7) is 6.31. The Balaban J connectivity index is 1.15. The minimum Gasteiger partial charge on any atom is -0.406 e. The summed E-state index contributed by atoms with van der Waals surface area (Å²) in [5, 5.41) is 9.58. The third-order valence-electron chi connectivity index (χ3n) is 7.43. The molecule has 1 aliphatic carbocycles. The summed E-state index contributed by atoms with van der Waals surface area (Å²) >= 11 is 1.44. The molecule has 0 fully saturated rings. The third kappa shape index (κ3) is 6.30. The number of carbonyl (C=O) groups excluding carboxylic acids is 1. The first kappa shape index (κ1) is 29.4. The fraction of sp³-hybridized carbons (Fsp3) is 0.250. The molecule has 0 aliphatic heterocycles. The van der Waals surface area contributed by atoms with Gasteiger partial charge >= 0.3 is 12.4 Å². The molecular formula is C32H29F3N6O2S. The zero-order valence-electron chi connectivity index (χ0n) is 24.2. The molecule has 1 N–H and O–H groups in total. The monoisotopic (exact) mass is 618 g/mol. The van der Waals surface area contributed by atoms with E-state index in [2.05, 4.69) is 51.1 Å². The number of halogens is 3. The zero-order chi connectivity index (χ0) is 31.0. The van der Waals surface area contributed by atoms with Gasteiger partial charge in [0.15, 0.2) is 10.6 Å². The number of amides is 2. The topological polar surface area (TPSA) is 86.3 Å². The molecule has 5 aromatic rings. The van der Waals surface area contributed by atoms with Crippen LogP contribution in [0.4, 0.5) is 18.0 Å². The van der Waals surface area contributed by atoms with Crippen LogP contribution in [0.2, 0.25) is 0 Å². The predicted octanol–water partition coefficient (Wildman–Crippen LogP) is 6.89. The van der Waals surface area contributed by atoms with Gasteiger partial charge in [-0.3, -0.25) is 4.57 Å². The van der Waals surface area contributed by atoms with Crippen LogP contribution < -0.4 is 14.9 Å². The normalized spacial score (nSPS) is 15.1. The van der Waals surface area contributed by atoms with E-state index in [-0.39, 0.29) is 17.8 Å². The van der Waals surface area contributed by atoms with Crippen molar-refractivity contribution in [3.8, 4) is 28.5 Å². The highest BCUT2D eigenvalue weighted by Gasteiger charge is 2.31. The second-order valence-corrected chi connectivity index (χ2v) is 11.7. The number of hydrogen-bond donors (Lipinski definition) is 1. The minimum atomic E-state index is -4.75. The van der Waals surface area contributed by atoms with Crippen LogP contribution >= 0.6 is 11.3 Å². The number of aromatic nitrogens is 4. The average molecular weight is 619 g/mol. The number of fused-ring (bicyclic) bond motifs is 1. The highest BCUT2D eigenvalue weighted by molar-refractivity contribution is 7.07. The molecule has 6 rings (SSSR count). The van der Waals surface area contributed by atoms with Gasteiger partial charge in [-0.25, -0.2) is 14.5 Å². The van der Waals surface area contributed by atoms with E-state index in [0.717, 1.165) is 28.1 Å². The molecule has 2 amide bonds.